The van der Waals surface area contributed by atoms with Crippen molar-refractivity contribution in [1.82, 2.24) is 9.97 Å². The van der Waals surface area contributed by atoms with Gasteiger partial charge in [-0.05, 0) is 45.6 Å². The first-order valence-corrected chi connectivity index (χ1v) is 5.75. The van der Waals surface area contributed by atoms with Crippen molar-refractivity contribution in [2.24, 2.45) is 5.92 Å². The lowest BCUT2D eigenvalue weighted by Gasteiger charge is -2.26. The van der Waals surface area contributed by atoms with E-state index in [1.165, 1.54) is 18.9 Å². The fourth-order valence-electron chi connectivity index (χ4n) is 1.93. The lowest BCUT2D eigenvalue weighted by Crippen LogP contribution is -2.34. The highest BCUT2D eigenvalue weighted by Crippen LogP contribution is 2.40. The highest BCUT2D eigenvalue weighted by atomic mass is 16.4. The van der Waals surface area contributed by atoms with Gasteiger partial charge >= 0.3 is 5.97 Å². The van der Waals surface area contributed by atoms with E-state index in [-0.39, 0.29) is 11.2 Å². The number of aromatic carboxylic acids is 1. The molecule has 5 nitrogen and oxygen atoms in total. The van der Waals surface area contributed by atoms with Gasteiger partial charge in [0.2, 0.25) is 5.95 Å². The van der Waals surface area contributed by atoms with Gasteiger partial charge in [-0.3, -0.25) is 0 Å². The molecular weight excluding hydrogens is 218 g/mol. The van der Waals surface area contributed by atoms with E-state index in [2.05, 4.69) is 29.1 Å². The summed E-state index contributed by atoms with van der Waals surface area (Å²) in [6.07, 6.45) is 2.41. The lowest BCUT2D eigenvalue weighted by atomic mass is 9.99. The number of aromatic nitrogens is 2. The summed E-state index contributed by atoms with van der Waals surface area (Å²) in [5, 5.41) is 12.2. The van der Waals surface area contributed by atoms with E-state index in [1.807, 2.05) is 0 Å². The summed E-state index contributed by atoms with van der Waals surface area (Å²) in [6.45, 7) is 5.96. The second-order valence-corrected chi connectivity index (χ2v) is 5.14. The molecule has 2 N–H and O–H groups in total. The van der Waals surface area contributed by atoms with Gasteiger partial charge in [-0.25, -0.2) is 14.8 Å². The molecule has 1 aliphatic carbocycles. The number of anilines is 1. The molecule has 0 aliphatic heterocycles. The maximum atomic E-state index is 10.9. The lowest BCUT2D eigenvalue weighted by molar-refractivity contribution is 0.0690. The largest absolute Gasteiger partial charge is 0.477 e. The van der Waals surface area contributed by atoms with E-state index >= 15 is 0 Å². The highest BCUT2D eigenvalue weighted by molar-refractivity contribution is 5.85. The molecule has 17 heavy (non-hydrogen) atoms. The fourth-order valence-corrected chi connectivity index (χ4v) is 1.93. The summed E-state index contributed by atoms with van der Waals surface area (Å²) in [4.78, 5) is 19.1. The van der Waals surface area contributed by atoms with E-state index in [9.17, 15) is 4.79 Å². The Bertz CT molecular complexity index is 453. The molecule has 1 fully saturated rings. The molecule has 1 aromatic rings. The Morgan fingerprint density at radius 2 is 2.12 bits per heavy atom. The van der Waals surface area contributed by atoms with Gasteiger partial charge in [0.25, 0.3) is 0 Å². The van der Waals surface area contributed by atoms with Crippen LogP contribution in [0.4, 0.5) is 5.95 Å². The molecule has 0 saturated heterocycles. The van der Waals surface area contributed by atoms with Gasteiger partial charge in [0.15, 0.2) is 5.69 Å². The van der Waals surface area contributed by atoms with Crippen LogP contribution in [0.25, 0.3) is 0 Å². The Morgan fingerprint density at radius 3 is 2.65 bits per heavy atom. The number of carboxylic acids is 1. The number of aryl methyl sites for hydroxylation is 1. The first-order valence-electron chi connectivity index (χ1n) is 5.75. The van der Waals surface area contributed by atoms with Crippen molar-refractivity contribution in [2.75, 3.05) is 5.32 Å². The van der Waals surface area contributed by atoms with Gasteiger partial charge in [0.05, 0.1) is 0 Å². The molecule has 1 saturated carbocycles. The SMILES string of the molecule is Cc1cc(C(=O)O)nc(NC(C)(C)C2CC2)n1. The Morgan fingerprint density at radius 1 is 1.47 bits per heavy atom. The molecule has 5 heteroatoms. The second-order valence-electron chi connectivity index (χ2n) is 5.14. The monoisotopic (exact) mass is 235 g/mol. The number of rotatable bonds is 4. The van der Waals surface area contributed by atoms with Crippen LogP contribution in [-0.4, -0.2) is 26.6 Å². The van der Waals surface area contributed by atoms with Gasteiger partial charge in [-0.1, -0.05) is 0 Å². The summed E-state index contributed by atoms with van der Waals surface area (Å²) >= 11 is 0. The van der Waals surface area contributed by atoms with Gasteiger partial charge < -0.3 is 10.4 Å². The minimum absolute atomic E-state index is 0.0339. The molecule has 0 atom stereocenters. The third-order valence-corrected chi connectivity index (χ3v) is 3.11. The zero-order chi connectivity index (χ0) is 12.6. The number of carboxylic acid groups (broad SMARTS) is 1. The van der Waals surface area contributed by atoms with Crippen LogP contribution in [0, 0.1) is 12.8 Å². The Balaban J connectivity index is 2.23. The van der Waals surface area contributed by atoms with Crippen molar-refractivity contribution in [2.45, 2.75) is 39.2 Å². The Kier molecular flexibility index (Phi) is 2.77. The summed E-state index contributed by atoms with van der Waals surface area (Å²) in [5.74, 6) is 0.00182. The van der Waals surface area contributed by atoms with Crippen LogP contribution in [0.5, 0.6) is 0 Å². The maximum absolute atomic E-state index is 10.9. The minimum atomic E-state index is -1.03. The predicted octanol–water partition coefficient (Wildman–Crippen LogP) is 2.08. The van der Waals surface area contributed by atoms with Crippen LogP contribution >= 0.6 is 0 Å². The zero-order valence-electron chi connectivity index (χ0n) is 10.3. The molecule has 0 radical (unpaired) electrons. The average Bonchev–Trinajstić information content (AvgIpc) is 2.98. The second kappa shape index (κ2) is 3.98. The standard InChI is InChI=1S/C12H17N3O2/c1-7-6-9(10(16)17)14-11(13-7)15-12(2,3)8-4-5-8/h6,8H,4-5H2,1-3H3,(H,16,17)(H,13,14,15). The van der Waals surface area contributed by atoms with Crippen LogP contribution < -0.4 is 5.32 Å². The Hall–Kier alpha value is -1.65. The van der Waals surface area contributed by atoms with Gasteiger partial charge in [0, 0.05) is 11.2 Å². The molecule has 1 aromatic heterocycles. The van der Waals surface area contributed by atoms with Gasteiger partial charge in [-0.15, -0.1) is 0 Å². The normalized spacial score (nSPS) is 15.7. The molecule has 1 heterocycles. The van der Waals surface area contributed by atoms with Crippen molar-refractivity contribution in [1.29, 1.82) is 0 Å². The average molecular weight is 235 g/mol. The molecule has 0 unspecified atom stereocenters. The van der Waals surface area contributed by atoms with Crippen molar-refractivity contribution in [3.63, 3.8) is 0 Å². The third-order valence-electron chi connectivity index (χ3n) is 3.11. The number of carbonyl (C=O) groups is 1. The van der Waals surface area contributed by atoms with Gasteiger partial charge in [-0.2, -0.15) is 0 Å². The first kappa shape index (κ1) is 11.8. The molecule has 0 spiro atoms. The van der Waals surface area contributed by atoms with Crippen LogP contribution in [0.3, 0.4) is 0 Å². The maximum Gasteiger partial charge on any atom is 0.354 e. The molecule has 0 aromatic carbocycles. The predicted molar refractivity (Wildman–Crippen MR) is 64.2 cm³/mol. The number of hydrogen-bond donors (Lipinski definition) is 2. The van der Waals surface area contributed by atoms with Crippen molar-refractivity contribution in [3.8, 4) is 0 Å². The van der Waals surface area contributed by atoms with Crippen LogP contribution in [0.1, 0.15) is 42.9 Å². The number of hydrogen-bond acceptors (Lipinski definition) is 4. The van der Waals surface area contributed by atoms with E-state index in [0.29, 0.717) is 17.6 Å². The van der Waals surface area contributed by atoms with Crippen molar-refractivity contribution >= 4 is 11.9 Å². The van der Waals surface area contributed by atoms with E-state index < -0.39 is 5.97 Å². The van der Waals surface area contributed by atoms with Crippen LogP contribution in [-0.2, 0) is 0 Å². The molecular formula is C12H17N3O2. The van der Waals surface area contributed by atoms with E-state index in [0.717, 1.165) is 0 Å². The van der Waals surface area contributed by atoms with Crippen LogP contribution in [0.2, 0.25) is 0 Å². The summed E-state index contributed by atoms with van der Waals surface area (Å²) in [5.41, 5.74) is 0.613. The van der Waals surface area contributed by atoms with E-state index in [4.69, 9.17) is 5.11 Å². The summed E-state index contributed by atoms with van der Waals surface area (Å²) in [6, 6.07) is 1.47. The topological polar surface area (TPSA) is 75.1 Å². The molecule has 92 valence electrons. The van der Waals surface area contributed by atoms with E-state index in [1.54, 1.807) is 6.92 Å². The van der Waals surface area contributed by atoms with Crippen LogP contribution in [0.15, 0.2) is 6.07 Å². The zero-order valence-corrected chi connectivity index (χ0v) is 10.3. The third kappa shape index (κ3) is 2.72. The Labute approximate surface area is 100 Å². The number of nitrogens with one attached hydrogen (secondary N) is 1. The molecule has 0 bridgehead atoms. The van der Waals surface area contributed by atoms with Crippen molar-refractivity contribution in [3.05, 3.63) is 17.5 Å². The number of nitrogens with zero attached hydrogens (tertiary/aromatic N) is 2. The molecule has 0 amide bonds. The minimum Gasteiger partial charge on any atom is -0.477 e. The summed E-state index contributed by atoms with van der Waals surface area (Å²) < 4.78 is 0. The molecule has 2 rings (SSSR count). The first-order chi connectivity index (χ1) is 7.88. The van der Waals surface area contributed by atoms with Gasteiger partial charge in [0.1, 0.15) is 0 Å². The fraction of sp³-hybridized carbons (Fsp3) is 0.583. The van der Waals surface area contributed by atoms with Crippen molar-refractivity contribution < 1.29 is 9.90 Å². The smallest absolute Gasteiger partial charge is 0.354 e. The summed E-state index contributed by atoms with van der Waals surface area (Å²) in [7, 11) is 0. The molecule has 1 aliphatic rings. The quantitative estimate of drug-likeness (QED) is 0.835. The highest BCUT2D eigenvalue weighted by Gasteiger charge is 2.38.